The van der Waals surface area contributed by atoms with Gasteiger partial charge in [-0.2, -0.15) is 0 Å². The molecule has 0 spiro atoms. The molecule has 2 aromatic rings. The number of thiazole rings is 1. The topological polar surface area (TPSA) is 42.4 Å². The number of aliphatic hydroxyl groups is 1. The number of hydrogen-bond acceptors (Lipinski definition) is 4. The van der Waals surface area contributed by atoms with Crippen LogP contribution in [0.4, 0.5) is 0 Å². The average Bonchev–Trinajstić information content (AvgIpc) is 2.84. The summed E-state index contributed by atoms with van der Waals surface area (Å²) in [6.45, 7) is 10.7. The second kappa shape index (κ2) is 6.16. The maximum Gasteiger partial charge on any atom is 0.140 e. The third-order valence-corrected chi connectivity index (χ3v) is 4.11. The van der Waals surface area contributed by atoms with Crippen LogP contribution in [0.2, 0.25) is 0 Å². The Labute approximate surface area is 130 Å². The first-order chi connectivity index (χ1) is 9.77. The Hall–Kier alpha value is -1.39. The number of aliphatic hydroxyl groups excluding tert-OH is 1. The molecule has 0 aliphatic rings. The smallest absolute Gasteiger partial charge is 0.140 e. The maximum absolute atomic E-state index is 9.81. The Kier molecular flexibility index (Phi) is 4.69. The third-order valence-electron chi connectivity index (χ3n) is 3.29. The van der Waals surface area contributed by atoms with E-state index in [-0.39, 0.29) is 5.41 Å². The zero-order valence-corrected chi connectivity index (χ0v) is 14.1. The van der Waals surface area contributed by atoms with Crippen molar-refractivity contribution in [2.24, 2.45) is 0 Å². The van der Waals surface area contributed by atoms with E-state index in [0.717, 1.165) is 27.6 Å². The lowest BCUT2D eigenvalue weighted by Gasteiger charge is -2.15. The molecular formula is C17H23NO2S. The van der Waals surface area contributed by atoms with Gasteiger partial charge in [0.25, 0.3) is 0 Å². The molecule has 0 fully saturated rings. The molecule has 1 unspecified atom stereocenters. The molecule has 1 atom stereocenters. The molecule has 0 aliphatic heterocycles. The number of hydrogen-bond donors (Lipinski definition) is 1. The predicted molar refractivity (Wildman–Crippen MR) is 87.0 cm³/mol. The summed E-state index contributed by atoms with van der Waals surface area (Å²) in [6, 6.07) is 5.86. The zero-order valence-electron chi connectivity index (χ0n) is 13.3. The Morgan fingerprint density at radius 2 is 2.05 bits per heavy atom. The van der Waals surface area contributed by atoms with Crippen LogP contribution in [0.3, 0.4) is 0 Å². The summed E-state index contributed by atoms with van der Waals surface area (Å²) in [6.07, 6.45) is -0.540. The van der Waals surface area contributed by atoms with Gasteiger partial charge in [-0.1, -0.05) is 32.9 Å². The normalized spacial score (nSPS) is 13.2. The Morgan fingerprint density at radius 3 is 2.62 bits per heavy atom. The molecule has 0 saturated heterocycles. The molecule has 1 N–H and O–H groups in total. The molecule has 0 aliphatic carbocycles. The van der Waals surface area contributed by atoms with E-state index in [4.69, 9.17) is 4.74 Å². The summed E-state index contributed by atoms with van der Waals surface area (Å²) < 4.78 is 5.88. The standard InChI is InChI=1S/C17H23NO2S/c1-11-6-7-13(12(2)19)14(8-11)20-9-16-18-15(10-21-16)17(3,4)5/h6-8,10,12,19H,9H2,1-5H3. The van der Waals surface area contributed by atoms with Crippen molar-refractivity contribution in [1.82, 2.24) is 4.98 Å². The Balaban J connectivity index is 2.13. The molecule has 1 heterocycles. The second-order valence-corrected chi connectivity index (χ2v) is 7.33. The summed E-state index contributed by atoms with van der Waals surface area (Å²) in [4.78, 5) is 4.62. The minimum atomic E-state index is -0.540. The molecule has 1 aromatic heterocycles. The second-order valence-electron chi connectivity index (χ2n) is 6.38. The van der Waals surface area contributed by atoms with Crippen LogP contribution in [0.5, 0.6) is 5.75 Å². The van der Waals surface area contributed by atoms with Crippen molar-refractivity contribution >= 4 is 11.3 Å². The first-order valence-corrected chi connectivity index (χ1v) is 8.01. The van der Waals surface area contributed by atoms with Crippen molar-refractivity contribution < 1.29 is 9.84 Å². The van der Waals surface area contributed by atoms with Crippen LogP contribution >= 0.6 is 11.3 Å². The van der Waals surface area contributed by atoms with Crippen molar-refractivity contribution in [3.63, 3.8) is 0 Å². The first kappa shape index (κ1) is 16.0. The largest absolute Gasteiger partial charge is 0.486 e. The van der Waals surface area contributed by atoms with Gasteiger partial charge in [-0.3, -0.25) is 0 Å². The lowest BCUT2D eigenvalue weighted by atomic mass is 9.93. The van der Waals surface area contributed by atoms with Crippen LogP contribution in [0.1, 0.15) is 55.6 Å². The molecule has 21 heavy (non-hydrogen) atoms. The summed E-state index contributed by atoms with van der Waals surface area (Å²) in [5.74, 6) is 0.734. The van der Waals surface area contributed by atoms with Gasteiger partial charge in [0.15, 0.2) is 0 Å². The number of aryl methyl sites for hydroxylation is 1. The molecular weight excluding hydrogens is 282 g/mol. The minimum Gasteiger partial charge on any atom is -0.486 e. The van der Waals surface area contributed by atoms with Gasteiger partial charge in [0.05, 0.1) is 11.8 Å². The number of rotatable bonds is 4. The van der Waals surface area contributed by atoms with Gasteiger partial charge >= 0.3 is 0 Å². The fourth-order valence-electron chi connectivity index (χ4n) is 1.97. The predicted octanol–water partition coefficient (Wildman–Crippen LogP) is 4.38. The highest BCUT2D eigenvalue weighted by atomic mass is 32.1. The highest BCUT2D eigenvalue weighted by Gasteiger charge is 2.18. The zero-order chi connectivity index (χ0) is 15.6. The molecule has 2 rings (SSSR count). The molecule has 0 saturated carbocycles. The van der Waals surface area contributed by atoms with Crippen molar-refractivity contribution in [2.45, 2.75) is 52.7 Å². The average molecular weight is 305 g/mol. The van der Waals surface area contributed by atoms with E-state index in [2.05, 4.69) is 31.1 Å². The van der Waals surface area contributed by atoms with Gasteiger partial charge < -0.3 is 9.84 Å². The van der Waals surface area contributed by atoms with Crippen LogP contribution in [0.25, 0.3) is 0 Å². The van der Waals surface area contributed by atoms with Gasteiger partial charge in [-0.05, 0) is 25.5 Å². The van der Waals surface area contributed by atoms with E-state index in [9.17, 15) is 5.11 Å². The van der Waals surface area contributed by atoms with Crippen LogP contribution in [0.15, 0.2) is 23.6 Å². The third kappa shape index (κ3) is 4.05. The van der Waals surface area contributed by atoms with Crippen molar-refractivity contribution in [1.29, 1.82) is 0 Å². The van der Waals surface area contributed by atoms with Gasteiger partial charge in [-0.25, -0.2) is 4.98 Å². The number of nitrogens with zero attached hydrogens (tertiary/aromatic N) is 1. The van der Waals surface area contributed by atoms with E-state index in [1.165, 1.54) is 0 Å². The lowest BCUT2D eigenvalue weighted by molar-refractivity contribution is 0.190. The van der Waals surface area contributed by atoms with Crippen LogP contribution in [-0.2, 0) is 12.0 Å². The molecule has 114 valence electrons. The Morgan fingerprint density at radius 1 is 1.33 bits per heavy atom. The van der Waals surface area contributed by atoms with Gasteiger partial charge in [0.2, 0.25) is 0 Å². The Bertz CT molecular complexity index is 611. The maximum atomic E-state index is 9.81. The highest BCUT2D eigenvalue weighted by molar-refractivity contribution is 7.09. The van der Waals surface area contributed by atoms with Crippen molar-refractivity contribution in [3.05, 3.63) is 45.4 Å². The molecule has 3 nitrogen and oxygen atoms in total. The number of benzene rings is 1. The van der Waals surface area contributed by atoms with Gasteiger partial charge in [-0.15, -0.1) is 11.3 Å². The monoisotopic (exact) mass is 305 g/mol. The van der Waals surface area contributed by atoms with E-state index in [0.29, 0.717) is 6.61 Å². The lowest BCUT2D eigenvalue weighted by Crippen LogP contribution is -2.11. The van der Waals surface area contributed by atoms with E-state index in [1.54, 1.807) is 18.3 Å². The summed E-state index contributed by atoms with van der Waals surface area (Å²) in [5, 5.41) is 12.9. The van der Waals surface area contributed by atoms with E-state index >= 15 is 0 Å². The highest BCUT2D eigenvalue weighted by Crippen LogP contribution is 2.28. The molecule has 0 bridgehead atoms. The van der Waals surface area contributed by atoms with Crippen molar-refractivity contribution in [2.75, 3.05) is 0 Å². The number of ether oxygens (including phenoxy) is 1. The molecule has 0 amide bonds. The minimum absolute atomic E-state index is 0.0584. The number of aromatic nitrogens is 1. The van der Waals surface area contributed by atoms with Gasteiger partial charge in [0.1, 0.15) is 17.4 Å². The van der Waals surface area contributed by atoms with Crippen LogP contribution in [0, 0.1) is 6.92 Å². The summed E-state index contributed by atoms with van der Waals surface area (Å²) >= 11 is 1.62. The molecule has 1 aromatic carbocycles. The fourth-order valence-corrected chi connectivity index (χ4v) is 2.90. The molecule has 4 heteroatoms. The molecule has 0 radical (unpaired) electrons. The van der Waals surface area contributed by atoms with Crippen LogP contribution in [-0.4, -0.2) is 10.1 Å². The van der Waals surface area contributed by atoms with E-state index in [1.807, 2.05) is 25.1 Å². The van der Waals surface area contributed by atoms with Gasteiger partial charge in [0, 0.05) is 16.4 Å². The quantitative estimate of drug-likeness (QED) is 0.911. The summed E-state index contributed by atoms with van der Waals surface area (Å²) in [5.41, 5.74) is 3.08. The van der Waals surface area contributed by atoms with E-state index < -0.39 is 6.10 Å². The first-order valence-electron chi connectivity index (χ1n) is 7.13. The van der Waals surface area contributed by atoms with Crippen molar-refractivity contribution in [3.8, 4) is 5.75 Å². The SMILES string of the molecule is Cc1ccc(C(C)O)c(OCc2nc(C(C)(C)C)cs2)c1. The van der Waals surface area contributed by atoms with Crippen LogP contribution < -0.4 is 4.74 Å². The summed E-state index contributed by atoms with van der Waals surface area (Å²) in [7, 11) is 0. The fraction of sp³-hybridized carbons (Fsp3) is 0.471.